The van der Waals surface area contributed by atoms with Gasteiger partial charge < -0.3 is 10.2 Å². The Bertz CT molecular complexity index is 773. The summed E-state index contributed by atoms with van der Waals surface area (Å²) in [7, 11) is -4.02. The zero-order valence-electron chi connectivity index (χ0n) is 12.7. The van der Waals surface area contributed by atoms with Gasteiger partial charge in [-0.15, -0.1) is 11.3 Å². The average Bonchev–Trinajstić information content (AvgIpc) is 3.01. The number of nitrogens with one attached hydrogen (secondary N) is 1. The van der Waals surface area contributed by atoms with Gasteiger partial charge in [-0.3, -0.25) is 0 Å². The summed E-state index contributed by atoms with van der Waals surface area (Å²) in [6.07, 6.45) is 0. The molecule has 1 unspecified atom stereocenters. The van der Waals surface area contributed by atoms with Crippen LogP contribution in [0.4, 0.5) is 0 Å². The van der Waals surface area contributed by atoms with Crippen molar-refractivity contribution in [1.29, 1.82) is 0 Å². The lowest BCUT2D eigenvalue weighted by Crippen LogP contribution is -2.39. The predicted octanol–water partition coefficient (Wildman–Crippen LogP) is 3.15. The Morgan fingerprint density at radius 3 is 2.57 bits per heavy atom. The van der Waals surface area contributed by atoms with Crippen LogP contribution in [-0.2, 0) is 10.0 Å². The number of hydrogen-bond acceptors (Lipinski definition) is 5. The average molecular weight is 376 g/mol. The maximum absolute atomic E-state index is 12.7. The number of aliphatic hydroxyl groups is 1. The highest BCUT2D eigenvalue weighted by Gasteiger charge is 2.35. The van der Waals surface area contributed by atoms with Gasteiger partial charge in [0.15, 0.2) is 5.75 Å². The number of rotatable bonds is 6. The summed E-state index contributed by atoms with van der Waals surface area (Å²) < 4.78 is 27.9. The smallest absolute Gasteiger partial charge is 0.244 e. The Balaban J connectivity index is 2.45. The number of sulfonamides is 1. The molecule has 0 aliphatic carbocycles. The van der Waals surface area contributed by atoms with Gasteiger partial charge in [0, 0.05) is 10.3 Å². The molecule has 0 spiro atoms. The van der Waals surface area contributed by atoms with Gasteiger partial charge in [-0.1, -0.05) is 37.6 Å². The summed E-state index contributed by atoms with van der Waals surface area (Å²) in [5.74, 6) is -0.492. The van der Waals surface area contributed by atoms with Crippen LogP contribution in [0.1, 0.15) is 24.8 Å². The second kappa shape index (κ2) is 6.78. The van der Waals surface area contributed by atoms with Gasteiger partial charge in [0.05, 0.1) is 17.7 Å². The molecule has 0 aliphatic rings. The van der Waals surface area contributed by atoms with E-state index in [9.17, 15) is 18.6 Å². The molecule has 3 N–H and O–H groups in total. The SMILES string of the molecule is CC(C)(CO)C(NS(=O)(=O)c1cccc(Cl)c1O)c1cccs1. The molecule has 1 aromatic carbocycles. The van der Waals surface area contributed by atoms with Crippen LogP contribution in [0.2, 0.25) is 5.02 Å². The predicted molar refractivity (Wildman–Crippen MR) is 91.4 cm³/mol. The first kappa shape index (κ1) is 18.2. The molecule has 1 heterocycles. The molecule has 1 atom stereocenters. The Hall–Kier alpha value is -1.12. The Morgan fingerprint density at radius 2 is 2.00 bits per heavy atom. The minimum atomic E-state index is -4.02. The molecule has 0 bridgehead atoms. The largest absolute Gasteiger partial charge is 0.505 e. The fourth-order valence-electron chi connectivity index (χ4n) is 2.08. The first-order chi connectivity index (χ1) is 10.7. The van der Waals surface area contributed by atoms with Crippen molar-refractivity contribution < 1.29 is 18.6 Å². The van der Waals surface area contributed by atoms with Crippen molar-refractivity contribution in [2.45, 2.75) is 24.8 Å². The number of thiophene rings is 1. The molecule has 0 radical (unpaired) electrons. The molecule has 2 rings (SSSR count). The van der Waals surface area contributed by atoms with E-state index in [1.54, 1.807) is 19.9 Å². The highest BCUT2D eigenvalue weighted by atomic mass is 35.5. The van der Waals surface area contributed by atoms with Crippen LogP contribution >= 0.6 is 22.9 Å². The molecule has 0 amide bonds. The van der Waals surface area contributed by atoms with Gasteiger partial charge >= 0.3 is 0 Å². The first-order valence-corrected chi connectivity index (χ1v) is 9.57. The number of halogens is 1. The lowest BCUT2D eigenvalue weighted by atomic mass is 9.85. The molecule has 1 aromatic heterocycles. The third kappa shape index (κ3) is 3.87. The van der Waals surface area contributed by atoms with E-state index in [0.29, 0.717) is 0 Å². The third-order valence-corrected chi connectivity index (χ3v) is 6.23. The zero-order chi connectivity index (χ0) is 17.3. The van der Waals surface area contributed by atoms with Crippen LogP contribution in [0.25, 0.3) is 0 Å². The fourth-order valence-corrected chi connectivity index (χ4v) is 4.88. The minimum Gasteiger partial charge on any atom is -0.505 e. The standard InChI is InChI=1S/C15H18ClNO4S2/c1-15(2,9-18)14(11-6-4-8-22-11)17-23(20,21)12-7-3-5-10(16)13(12)19/h3-8,14,17-19H,9H2,1-2H3. The normalized spacial score (nSPS) is 13.9. The van der Waals surface area contributed by atoms with Gasteiger partial charge in [0.1, 0.15) is 4.90 Å². The van der Waals surface area contributed by atoms with E-state index in [1.165, 1.54) is 29.5 Å². The first-order valence-electron chi connectivity index (χ1n) is 6.83. The van der Waals surface area contributed by atoms with Crippen molar-refractivity contribution in [2.75, 3.05) is 6.61 Å². The summed E-state index contributed by atoms with van der Waals surface area (Å²) in [5, 5.41) is 21.4. The van der Waals surface area contributed by atoms with E-state index in [1.807, 2.05) is 11.4 Å². The number of benzene rings is 1. The number of phenolic OH excluding ortho intramolecular Hbond substituents is 1. The van der Waals surface area contributed by atoms with Crippen molar-refractivity contribution in [1.82, 2.24) is 4.72 Å². The van der Waals surface area contributed by atoms with Crippen molar-refractivity contribution in [2.24, 2.45) is 5.41 Å². The molecular formula is C15H18ClNO4S2. The monoisotopic (exact) mass is 375 g/mol. The van der Waals surface area contributed by atoms with E-state index < -0.39 is 27.2 Å². The maximum atomic E-state index is 12.7. The number of aliphatic hydroxyl groups excluding tert-OH is 1. The summed E-state index contributed by atoms with van der Waals surface area (Å²) in [6.45, 7) is 3.31. The van der Waals surface area contributed by atoms with E-state index in [-0.39, 0.29) is 16.5 Å². The van der Waals surface area contributed by atoms with Crippen LogP contribution < -0.4 is 4.72 Å². The molecule has 126 valence electrons. The van der Waals surface area contributed by atoms with Gasteiger partial charge in [0.25, 0.3) is 0 Å². The van der Waals surface area contributed by atoms with E-state index in [0.717, 1.165) is 4.88 Å². The van der Waals surface area contributed by atoms with Gasteiger partial charge in [-0.2, -0.15) is 0 Å². The van der Waals surface area contributed by atoms with Crippen molar-refractivity contribution in [3.63, 3.8) is 0 Å². The van der Waals surface area contributed by atoms with E-state index in [2.05, 4.69) is 4.72 Å². The quantitative estimate of drug-likeness (QED) is 0.723. The van der Waals surface area contributed by atoms with Crippen molar-refractivity contribution >= 4 is 33.0 Å². The zero-order valence-corrected chi connectivity index (χ0v) is 15.0. The van der Waals surface area contributed by atoms with Crippen LogP contribution in [0.3, 0.4) is 0 Å². The molecule has 0 saturated carbocycles. The fraction of sp³-hybridized carbons (Fsp3) is 0.333. The van der Waals surface area contributed by atoms with E-state index >= 15 is 0 Å². The number of para-hydroxylation sites is 1. The van der Waals surface area contributed by atoms with Crippen molar-refractivity contribution in [3.05, 3.63) is 45.6 Å². The lowest BCUT2D eigenvalue weighted by molar-refractivity contribution is 0.127. The maximum Gasteiger partial charge on any atom is 0.244 e. The number of aromatic hydroxyl groups is 1. The molecule has 0 fully saturated rings. The number of hydrogen-bond donors (Lipinski definition) is 3. The second-order valence-electron chi connectivity index (χ2n) is 5.80. The minimum absolute atomic E-state index is 0.0398. The molecular weight excluding hydrogens is 358 g/mol. The summed E-state index contributed by atoms with van der Waals surface area (Å²) >= 11 is 7.18. The molecule has 5 nitrogen and oxygen atoms in total. The van der Waals surface area contributed by atoms with Crippen LogP contribution in [0.5, 0.6) is 5.75 Å². The van der Waals surface area contributed by atoms with Gasteiger partial charge in [0.2, 0.25) is 10.0 Å². The molecule has 0 aliphatic heterocycles. The topological polar surface area (TPSA) is 86.6 Å². The van der Waals surface area contributed by atoms with Crippen molar-refractivity contribution in [3.8, 4) is 5.75 Å². The summed E-state index contributed by atoms with van der Waals surface area (Å²) in [4.78, 5) is 0.481. The molecule has 2 aromatic rings. The lowest BCUT2D eigenvalue weighted by Gasteiger charge is -2.32. The Labute approximate surface area is 144 Å². The Morgan fingerprint density at radius 1 is 1.30 bits per heavy atom. The highest BCUT2D eigenvalue weighted by molar-refractivity contribution is 7.89. The summed E-state index contributed by atoms with van der Waals surface area (Å²) in [6, 6.07) is 7.11. The van der Waals surface area contributed by atoms with Crippen LogP contribution in [0, 0.1) is 5.41 Å². The van der Waals surface area contributed by atoms with Crippen LogP contribution in [-0.4, -0.2) is 25.2 Å². The van der Waals surface area contributed by atoms with Crippen LogP contribution in [0.15, 0.2) is 40.6 Å². The highest BCUT2D eigenvalue weighted by Crippen LogP contribution is 2.38. The molecule has 23 heavy (non-hydrogen) atoms. The molecule has 8 heteroatoms. The number of phenols is 1. The second-order valence-corrected chi connectivity index (χ2v) is 8.87. The molecule has 0 saturated heterocycles. The third-order valence-electron chi connectivity index (χ3n) is 3.53. The summed E-state index contributed by atoms with van der Waals surface area (Å²) in [5.41, 5.74) is -0.730. The van der Waals surface area contributed by atoms with E-state index in [4.69, 9.17) is 11.6 Å². The van der Waals surface area contributed by atoms with Gasteiger partial charge in [-0.25, -0.2) is 13.1 Å². The van der Waals surface area contributed by atoms with Gasteiger partial charge in [-0.05, 0) is 23.6 Å². The Kier molecular flexibility index (Phi) is 5.37.